The quantitative estimate of drug-likeness (QED) is 0.287. The van der Waals surface area contributed by atoms with Crippen LogP contribution in [0.15, 0.2) is 69.9 Å². The summed E-state index contributed by atoms with van der Waals surface area (Å²) in [5.74, 6) is 1.11. The molecular weight excluding hydrogens is 454 g/mol. The first-order chi connectivity index (χ1) is 17.4. The van der Waals surface area contributed by atoms with Gasteiger partial charge in [-0.3, -0.25) is 14.5 Å². The molecule has 2 heterocycles. The molecule has 1 unspecified atom stereocenters. The van der Waals surface area contributed by atoms with Gasteiger partial charge in [0.1, 0.15) is 17.1 Å². The fourth-order valence-electron chi connectivity index (χ4n) is 4.66. The highest BCUT2D eigenvalue weighted by molar-refractivity contribution is 6.10. The first-order valence-electron chi connectivity index (χ1n) is 12.2. The number of hydrogen-bond donors (Lipinski definition) is 0. The Morgan fingerprint density at radius 2 is 1.69 bits per heavy atom. The van der Waals surface area contributed by atoms with Gasteiger partial charge in [0.2, 0.25) is 5.76 Å². The minimum atomic E-state index is -0.655. The summed E-state index contributed by atoms with van der Waals surface area (Å²) >= 11 is 0. The second-order valence-electron chi connectivity index (χ2n) is 9.16. The summed E-state index contributed by atoms with van der Waals surface area (Å²) in [7, 11) is 1.59. The van der Waals surface area contributed by atoms with E-state index in [9.17, 15) is 9.59 Å². The maximum absolute atomic E-state index is 13.9. The number of aryl methyl sites for hydroxylation is 2. The van der Waals surface area contributed by atoms with Crippen molar-refractivity contribution in [2.45, 2.75) is 39.7 Å². The van der Waals surface area contributed by atoms with E-state index in [0.717, 1.165) is 29.5 Å². The molecule has 1 aliphatic rings. The molecule has 0 bridgehead atoms. The zero-order valence-electron chi connectivity index (χ0n) is 21.0. The highest BCUT2D eigenvalue weighted by Gasteiger charge is 2.43. The third kappa shape index (κ3) is 4.02. The van der Waals surface area contributed by atoms with Crippen molar-refractivity contribution in [1.29, 1.82) is 0 Å². The second kappa shape index (κ2) is 9.53. The van der Waals surface area contributed by atoms with Crippen LogP contribution in [0.25, 0.3) is 11.0 Å². The molecule has 6 heteroatoms. The van der Waals surface area contributed by atoms with Crippen molar-refractivity contribution in [3.8, 4) is 11.5 Å². The number of benzene rings is 3. The summed E-state index contributed by atoms with van der Waals surface area (Å²) in [5.41, 5.74) is 3.98. The van der Waals surface area contributed by atoms with Crippen LogP contribution in [0.2, 0.25) is 0 Å². The topological polar surface area (TPSA) is 69.0 Å². The number of fused-ring (bicyclic) bond motifs is 2. The molecule has 1 atom stereocenters. The number of amides is 1. The molecule has 6 nitrogen and oxygen atoms in total. The monoisotopic (exact) mass is 483 g/mol. The van der Waals surface area contributed by atoms with E-state index in [1.807, 2.05) is 62.4 Å². The fourth-order valence-corrected chi connectivity index (χ4v) is 4.66. The normalized spacial score (nSPS) is 14.8. The van der Waals surface area contributed by atoms with Gasteiger partial charge >= 0.3 is 0 Å². The van der Waals surface area contributed by atoms with Gasteiger partial charge < -0.3 is 13.9 Å². The van der Waals surface area contributed by atoms with Crippen molar-refractivity contribution in [1.82, 2.24) is 0 Å². The summed E-state index contributed by atoms with van der Waals surface area (Å²) < 4.78 is 17.4. The second-order valence-corrected chi connectivity index (χ2v) is 9.16. The minimum Gasteiger partial charge on any atom is -0.497 e. The lowest BCUT2D eigenvalue weighted by Gasteiger charge is -2.25. The largest absolute Gasteiger partial charge is 0.497 e. The number of nitrogens with zero attached hydrogens (tertiary/aromatic N) is 1. The van der Waals surface area contributed by atoms with E-state index in [2.05, 4.69) is 6.92 Å². The molecule has 1 aliphatic heterocycles. The summed E-state index contributed by atoms with van der Waals surface area (Å²) in [6.45, 7) is 6.64. The number of carbonyl (C=O) groups is 1. The number of unbranched alkanes of at least 4 members (excludes halogenated alkanes) is 1. The molecular formula is C30H29NO5. The molecule has 0 N–H and O–H groups in total. The van der Waals surface area contributed by atoms with Crippen LogP contribution in [0.4, 0.5) is 5.69 Å². The van der Waals surface area contributed by atoms with Crippen LogP contribution in [0.1, 0.15) is 58.6 Å². The molecule has 5 rings (SSSR count). The predicted molar refractivity (Wildman–Crippen MR) is 140 cm³/mol. The Morgan fingerprint density at radius 1 is 0.944 bits per heavy atom. The Kier molecular flexibility index (Phi) is 6.27. The van der Waals surface area contributed by atoms with E-state index in [1.165, 1.54) is 0 Å². The van der Waals surface area contributed by atoms with Gasteiger partial charge in [-0.2, -0.15) is 0 Å². The van der Waals surface area contributed by atoms with Gasteiger partial charge in [0.05, 0.1) is 30.7 Å². The Morgan fingerprint density at radius 3 is 2.42 bits per heavy atom. The molecule has 4 aromatic rings. The predicted octanol–water partition coefficient (Wildman–Crippen LogP) is 6.35. The molecule has 0 saturated carbocycles. The Bertz CT molecular complexity index is 1500. The number of methoxy groups -OCH3 is 1. The Labute approximate surface area is 210 Å². The minimum absolute atomic E-state index is 0.0777. The number of anilines is 1. The zero-order valence-corrected chi connectivity index (χ0v) is 21.0. The fraction of sp³-hybridized carbons (Fsp3) is 0.267. The van der Waals surface area contributed by atoms with E-state index in [1.54, 1.807) is 24.1 Å². The molecule has 3 aromatic carbocycles. The summed E-state index contributed by atoms with van der Waals surface area (Å²) in [5, 5.41) is 0.474. The van der Waals surface area contributed by atoms with Crippen LogP contribution in [-0.2, 0) is 0 Å². The van der Waals surface area contributed by atoms with E-state index in [0.29, 0.717) is 40.3 Å². The molecule has 0 radical (unpaired) electrons. The Balaban J connectivity index is 1.71. The first-order valence-corrected chi connectivity index (χ1v) is 12.2. The van der Waals surface area contributed by atoms with Crippen LogP contribution in [0.5, 0.6) is 11.5 Å². The van der Waals surface area contributed by atoms with Crippen molar-refractivity contribution in [3.63, 3.8) is 0 Å². The molecule has 0 aliphatic carbocycles. The van der Waals surface area contributed by atoms with E-state index in [-0.39, 0.29) is 17.1 Å². The van der Waals surface area contributed by atoms with Crippen molar-refractivity contribution in [3.05, 3.63) is 98.9 Å². The SMILES string of the molecule is CCCCOc1cccc(C2c3c(oc4cc(C)c(C)cc4c3=O)C(=O)N2c2ccc(OC)cc2)c1. The van der Waals surface area contributed by atoms with Gasteiger partial charge in [0, 0.05) is 5.69 Å². The van der Waals surface area contributed by atoms with Crippen LogP contribution in [-0.4, -0.2) is 19.6 Å². The van der Waals surface area contributed by atoms with Gasteiger partial charge in [0.25, 0.3) is 5.91 Å². The summed E-state index contributed by atoms with van der Waals surface area (Å²) in [6, 6.07) is 17.8. The number of hydrogen-bond acceptors (Lipinski definition) is 5. The lowest BCUT2D eigenvalue weighted by Crippen LogP contribution is -2.29. The van der Waals surface area contributed by atoms with Crippen LogP contribution in [0.3, 0.4) is 0 Å². The molecule has 0 fully saturated rings. The lowest BCUT2D eigenvalue weighted by molar-refractivity contribution is 0.0971. The third-order valence-electron chi connectivity index (χ3n) is 6.78. The van der Waals surface area contributed by atoms with Gasteiger partial charge in [-0.15, -0.1) is 0 Å². The van der Waals surface area contributed by atoms with Crippen molar-refractivity contribution in [2.24, 2.45) is 0 Å². The van der Waals surface area contributed by atoms with E-state index >= 15 is 0 Å². The van der Waals surface area contributed by atoms with Gasteiger partial charge in [-0.25, -0.2) is 0 Å². The summed E-state index contributed by atoms with van der Waals surface area (Å²) in [4.78, 5) is 29.3. The van der Waals surface area contributed by atoms with Crippen LogP contribution in [0, 0.1) is 13.8 Å². The number of rotatable bonds is 7. The highest BCUT2D eigenvalue weighted by atomic mass is 16.5. The van der Waals surface area contributed by atoms with E-state index in [4.69, 9.17) is 13.9 Å². The molecule has 36 heavy (non-hydrogen) atoms. The number of carbonyl (C=O) groups excluding carboxylic acids is 1. The molecule has 0 saturated heterocycles. The highest BCUT2D eigenvalue weighted by Crippen LogP contribution is 2.42. The standard InChI is InChI=1S/C30H29NO5/c1-5-6-14-35-23-9-7-8-20(17-23)27-26-28(32)24-15-18(2)19(3)16-25(24)36-29(26)30(33)31(27)21-10-12-22(34-4)13-11-21/h7-13,15-17,27H,5-6,14H2,1-4H3. The smallest absolute Gasteiger partial charge is 0.295 e. The zero-order chi connectivity index (χ0) is 25.4. The molecule has 0 spiro atoms. The average molecular weight is 484 g/mol. The number of ether oxygens (including phenoxy) is 2. The summed E-state index contributed by atoms with van der Waals surface area (Å²) in [6.07, 6.45) is 1.98. The average Bonchev–Trinajstić information content (AvgIpc) is 3.18. The van der Waals surface area contributed by atoms with E-state index < -0.39 is 6.04 Å². The lowest BCUT2D eigenvalue weighted by atomic mass is 9.97. The maximum Gasteiger partial charge on any atom is 0.295 e. The van der Waals surface area contributed by atoms with Crippen molar-refractivity contribution in [2.75, 3.05) is 18.6 Å². The third-order valence-corrected chi connectivity index (χ3v) is 6.78. The van der Waals surface area contributed by atoms with Crippen LogP contribution < -0.4 is 19.8 Å². The van der Waals surface area contributed by atoms with Gasteiger partial charge in [-0.1, -0.05) is 25.5 Å². The van der Waals surface area contributed by atoms with Crippen molar-refractivity contribution < 1.29 is 18.7 Å². The molecule has 1 amide bonds. The van der Waals surface area contributed by atoms with Gasteiger partial charge in [-0.05, 0) is 85.5 Å². The first kappa shape index (κ1) is 23.7. The van der Waals surface area contributed by atoms with Gasteiger partial charge in [0.15, 0.2) is 5.43 Å². The molecule has 184 valence electrons. The Hall–Kier alpha value is -4.06. The maximum atomic E-state index is 13.9. The van der Waals surface area contributed by atoms with Crippen LogP contribution >= 0.6 is 0 Å². The molecule has 1 aromatic heterocycles. The van der Waals surface area contributed by atoms with Crippen molar-refractivity contribution >= 4 is 22.6 Å².